The van der Waals surface area contributed by atoms with E-state index < -0.39 is 17.0 Å². The molecule has 2 aromatic heterocycles. The van der Waals surface area contributed by atoms with Crippen LogP contribution in [0.15, 0.2) is 46.3 Å². The average Bonchev–Trinajstić information content (AvgIpc) is 3.32. The largest absolute Gasteiger partial charge is 0.449 e. The Bertz CT molecular complexity index is 934. The van der Waals surface area contributed by atoms with Crippen molar-refractivity contribution >= 4 is 29.1 Å². The molecular formula is C16H12N4O5S. The van der Waals surface area contributed by atoms with Crippen molar-refractivity contribution in [2.45, 2.75) is 13.0 Å². The Morgan fingerprint density at radius 3 is 2.77 bits per heavy atom. The first-order valence-corrected chi connectivity index (χ1v) is 8.27. The fourth-order valence-corrected chi connectivity index (χ4v) is 2.49. The van der Waals surface area contributed by atoms with E-state index >= 15 is 0 Å². The summed E-state index contributed by atoms with van der Waals surface area (Å²) < 4.78 is 10.7. The number of nitro groups is 1. The zero-order valence-corrected chi connectivity index (χ0v) is 14.3. The zero-order valence-electron chi connectivity index (χ0n) is 13.4. The summed E-state index contributed by atoms with van der Waals surface area (Å²) in [6, 6.07) is 5.68. The lowest BCUT2D eigenvalue weighted by atomic mass is 10.2. The van der Waals surface area contributed by atoms with Crippen LogP contribution in [0, 0.1) is 10.1 Å². The minimum absolute atomic E-state index is 0.0391. The van der Waals surface area contributed by atoms with Crippen LogP contribution in [0.5, 0.6) is 0 Å². The number of nitrogens with zero attached hydrogens (tertiary/aromatic N) is 4. The van der Waals surface area contributed by atoms with E-state index in [1.54, 1.807) is 24.6 Å². The quantitative estimate of drug-likeness (QED) is 0.279. The third-order valence-electron chi connectivity index (χ3n) is 3.22. The van der Waals surface area contributed by atoms with Gasteiger partial charge in [0.15, 0.2) is 6.10 Å². The second-order valence-corrected chi connectivity index (χ2v) is 5.96. The summed E-state index contributed by atoms with van der Waals surface area (Å²) in [5, 5.41) is 20.9. The Morgan fingerprint density at radius 2 is 2.12 bits per heavy atom. The van der Waals surface area contributed by atoms with Crippen LogP contribution < -0.4 is 0 Å². The van der Waals surface area contributed by atoms with Gasteiger partial charge in [-0.05, 0) is 25.1 Å². The molecule has 0 saturated carbocycles. The fourth-order valence-electron chi connectivity index (χ4n) is 1.96. The van der Waals surface area contributed by atoms with Crippen molar-refractivity contribution in [3.8, 4) is 11.5 Å². The maximum atomic E-state index is 11.8. The van der Waals surface area contributed by atoms with Gasteiger partial charge in [0.1, 0.15) is 5.01 Å². The van der Waals surface area contributed by atoms with Crippen molar-refractivity contribution in [3.05, 3.63) is 62.9 Å². The van der Waals surface area contributed by atoms with Gasteiger partial charge in [0.2, 0.25) is 5.89 Å². The number of aromatic nitrogens is 3. The predicted octanol–water partition coefficient (Wildman–Crippen LogP) is 3.42. The molecule has 2 heterocycles. The number of hydrogen-bond acceptors (Lipinski definition) is 9. The van der Waals surface area contributed by atoms with Crippen molar-refractivity contribution in [2.75, 3.05) is 0 Å². The Kier molecular flexibility index (Phi) is 5.13. The first-order chi connectivity index (χ1) is 12.5. The molecule has 10 heteroatoms. The molecule has 9 nitrogen and oxygen atoms in total. The van der Waals surface area contributed by atoms with Crippen molar-refractivity contribution in [3.63, 3.8) is 0 Å². The second kappa shape index (κ2) is 7.66. The number of non-ortho nitro benzene ring substituents is 1. The van der Waals surface area contributed by atoms with E-state index in [4.69, 9.17) is 9.15 Å². The molecule has 0 aliphatic carbocycles. The molecule has 26 heavy (non-hydrogen) atoms. The lowest BCUT2D eigenvalue weighted by molar-refractivity contribution is -0.384. The van der Waals surface area contributed by atoms with Gasteiger partial charge in [0, 0.05) is 35.3 Å². The SMILES string of the molecule is CC(OC(=O)C=Cc1nccs1)c1nnc(-c2ccc([N+](=O)[O-])cc2)o1. The molecule has 1 unspecified atom stereocenters. The Hall–Kier alpha value is -3.40. The van der Waals surface area contributed by atoms with Gasteiger partial charge in [-0.25, -0.2) is 9.78 Å². The highest BCUT2D eigenvalue weighted by atomic mass is 32.1. The van der Waals surface area contributed by atoms with E-state index in [1.807, 2.05) is 0 Å². The van der Waals surface area contributed by atoms with Crippen LogP contribution in [0.2, 0.25) is 0 Å². The molecule has 0 saturated heterocycles. The summed E-state index contributed by atoms with van der Waals surface area (Å²) >= 11 is 1.40. The molecule has 3 rings (SSSR count). The van der Waals surface area contributed by atoms with Crippen LogP contribution in [-0.4, -0.2) is 26.1 Å². The number of nitro benzene ring substituents is 1. The Labute approximate surface area is 151 Å². The van der Waals surface area contributed by atoms with Crippen LogP contribution >= 0.6 is 11.3 Å². The lowest BCUT2D eigenvalue weighted by Gasteiger charge is -2.06. The van der Waals surface area contributed by atoms with Gasteiger partial charge >= 0.3 is 5.97 Å². The highest BCUT2D eigenvalue weighted by Gasteiger charge is 2.18. The van der Waals surface area contributed by atoms with Gasteiger partial charge in [-0.2, -0.15) is 0 Å². The van der Waals surface area contributed by atoms with E-state index in [-0.39, 0.29) is 17.5 Å². The summed E-state index contributed by atoms with van der Waals surface area (Å²) in [6.07, 6.45) is 3.71. The Balaban J connectivity index is 1.64. The number of benzene rings is 1. The van der Waals surface area contributed by atoms with Crippen LogP contribution in [-0.2, 0) is 9.53 Å². The summed E-state index contributed by atoms with van der Waals surface area (Å²) in [5.74, 6) is -0.270. The number of carbonyl (C=O) groups is 1. The lowest BCUT2D eigenvalue weighted by Crippen LogP contribution is -2.06. The number of thiazole rings is 1. The number of rotatable bonds is 6. The third kappa shape index (κ3) is 4.16. The van der Waals surface area contributed by atoms with Gasteiger partial charge in [0.25, 0.3) is 11.6 Å². The standard InChI is InChI=1S/C16H12N4O5S/c1-10(24-14(21)7-6-13-17-8-9-26-13)15-18-19-16(25-15)11-2-4-12(5-3-11)20(22)23/h2-10H,1H3. The number of ether oxygens (including phenoxy) is 1. The molecule has 132 valence electrons. The van der Waals surface area contributed by atoms with Crippen LogP contribution in [0.4, 0.5) is 5.69 Å². The maximum absolute atomic E-state index is 11.8. The third-order valence-corrected chi connectivity index (χ3v) is 3.96. The molecule has 1 atom stereocenters. The fraction of sp³-hybridized carbons (Fsp3) is 0.125. The average molecular weight is 372 g/mol. The smallest absolute Gasteiger partial charge is 0.331 e. The molecule has 0 N–H and O–H groups in total. The number of hydrogen-bond donors (Lipinski definition) is 0. The highest BCUT2D eigenvalue weighted by Crippen LogP contribution is 2.24. The van der Waals surface area contributed by atoms with Gasteiger partial charge in [-0.1, -0.05) is 0 Å². The van der Waals surface area contributed by atoms with Crippen LogP contribution in [0.25, 0.3) is 17.5 Å². The molecule has 1 aromatic carbocycles. The first-order valence-electron chi connectivity index (χ1n) is 7.39. The maximum Gasteiger partial charge on any atom is 0.331 e. The Morgan fingerprint density at radius 1 is 1.35 bits per heavy atom. The molecule has 0 aliphatic heterocycles. The topological polar surface area (TPSA) is 121 Å². The molecule has 0 spiro atoms. The van der Waals surface area contributed by atoms with E-state index in [9.17, 15) is 14.9 Å². The molecule has 0 radical (unpaired) electrons. The van der Waals surface area contributed by atoms with Crippen molar-refractivity contribution in [1.29, 1.82) is 0 Å². The first kappa shape index (κ1) is 17.4. The summed E-state index contributed by atoms with van der Waals surface area (Å²) in [4.78, 5) is 26.0. The molecule has 0 aliphatic rings. The van der Waals surface area contributed by atoms with E-state index in [1.165, 1.54) is 41.7 Å². The summed E-state index contributed by atoms with van der Waals surface area (Å²) in [6.45, 7) is 1.60. The minimum atomic E-state index is -0.747. The second-order valence-electron chi connectivity index (χ2n) is 5.03. The van der Waals surface area contributed by atoms with Gasteiger partial charge in [0.05, 0.1) is 4.92 Å². The van der Waals surface area contributed by atoms with Crippen molar-refractivity contribution in [2.24, 2.45) is 0 Å². The predicted molar refractivity (Wildman–Crippen MR) is 92.0 cm³/mol. The van der Waals surface area contributed by atoms with Crippen molar-refractivity contribution < 1.29 is 18.9 Å². The van der Waals surface area contributed by atoms with Crippen molar-refractivity contribution in [1.82, 2.24) is 15.2 Å². The van der Waals surface area contributed by atoms with Crippen LogP contribution in [0.1, 0.15) is 23.9 Å². The van der Waals surface area contributed by atoms with E-state index in [0.717, 1.165) is 0 Å². The zero-order chi connectivity index (χ0) is 18.5. The van der Waals surface area contributed by atoms with Crippen LogP contribution in [0.3, 0.4) is 0 Å². The van der Waals surface area contributed by atoms with Gasteiger partial charge in [-0.15, -0.1) is 21.5 Å². The minimum Gasteiger partial charge on any atom is -0.449 e. The number of carbonyl (C=O) groups excluding carboxylic acids is 1. The van der Waals surface area contributed by atoms with E-state index in [0.29, 0.717) is 10.6 Å². The summed E-state index contributed by atoms with van der Waals surface area (Å²) in [7, 11) is 0. The molecule has 0 amide bonds. The molecule has 3 aromatic rings. The van der Waals surface area contributed by atoms with Gasteiger partial charge in [-0.3, -0.25) is 10.1 Å². The van der Waals surface area contributed by atoms with E-state index in [2.05, 4.69) is 15.2 Å². The molecule has 0 bridgehead atoms. The normalized spacial score (nSPS) is 12.2. The molecular weight excluding hydrogens is 360 g/mol. The highest BCUT2D eigenvalue weighted by molar-refractivity contribution is 7.10. The number of esters is 1. The van der Waals surface area contributed by atoms with Gasteiger partial charge < -0.3 is 9.15 Å². The molecule has 0 fully saturated rings. The monoisotopic (exact) mass is 372 g/mol. The summed E-state index contributed by atoms with van der Waals surface area (Å²) in [5.41, 5.74) is 0.486.